The molecule has 1 aliphatic heterocycles. The molecule has 0 bridgehead atoms. The number of hydrogen-bond acceptors (Lipinski definition) is 2. The van der Waals surface area contributed by atoms with Crippen molar-refractivity contribution in [1.82, 2.24) is 10.2 Å². The second-order valence-electron chi connectivity index (χ2n) is 4.64. The second kappa shape index (κ2) is 4.97. The quantitative estimate of drug-likeness (QED) is 0.715. The molecule has 1 heterocycles. The number of hydrogen-bond donors (Lipinski definition) is 1. The van der Waals surface area contributed by atoms with E-state index in [1.54, 1.807) is 0 Å². The average Bonchev–Trinajstić information content (AvgIpc) is 2.42. The fourth-order valence-electron chi connectivity index (χ4n) is 1.85. The van der Waals surface area contributed by atoms with E-state index in [0.717, 1.165) is 18.0 Å². The Labute approximate surface area is 82.7 Å². The first-order valence-corrected chi connectivity index (χ1v) is 5.57. The third-order valence-corrected chi connectivity index (χ3v) is 3.34. The van der Waals surface area contributed by atoms with Crippen molar-refractivity contribution < 1.29 is 0 Å². The van der Waals surface area contributed by atoms with Crippen LogP contribution in [0.15, 0.2) is 0 Å². The minimum atomic E-state index is 0.731. The van der Waals surface area contributed by atoms with Gasteiger partial charge in [-0.3, -0.25) is 0 Å². The molecule has 1 rings (SSSR count). The maximum absolute atomic E-state index is 3.65. The van der Waals surface area contributed by atoms with E-state index in [2.05, 4.69) is 38.0 Å². The van der Waals surface area contributed by atoms with Gasteiger partial charge >= 0.3 is 0 Å². The SMILES string of the molecule is CCC(C)CNC1CC(C)N(C)C1. The zero-order chi connectivity index (χ0) is 9.84. The summed E-state index contributed by atoms with van der Waals surface area (Å²) in [5, 5.41) is 3.65. The molecule has 1 N–H and O–H groups in total. The standard InChI is InChI=1S/C11H24N2/c1-5-9(2)7-12-11-6-10(3)13(4)8-11/h9-12H,5-8H2,1-4H3. The molecular formula is C11H24N2. The molecule has 78 valence electrons. The molecule has 1 saturated heterocycles. The largest absolute Gasteiger partial charge is 0.312 e. The molecule has 1 aliphatic rings. The summed E-state index contributed by atoms with van der Waals surface area (Å²) in [5.74, 6) is 0.821. The molecule has 3 unspecified atom stereocenters. The lowest BCUT2D eigenvalue weighted by Gasteiger charge is -2.15. The summed E-state index contributed by atoms with van der Waals surface area (Å²) in [6, 6.07) is 1.49. The van der Waals surface area contributed by atoms with Crippen molar-refractivity contribution in [2.24, 2.45) is 5.92 Å². The van der Waals surface area contributed by atoms with Gasteiger partial charge in [-0.05, 0) is 32.9 Å². The Morgan fingerprint density at radius 3 is 2.69 bits per heavy atom. The van der Waals surface area contributed by atoms with Gasteiger partial charge in [0, 0.05) is 18.6 Å². The Morgan fingerprint density at radius 2 is 2.23 bits per heavy atom. The second-order valence-corrected chi connectivity index (χ2v) is 4.64. The van der Waals surface area contributed by atoms with Gasteiger partial charge in [0.25, 0.3) is 0 Å². The maximum Gasteiger partial charge on any atom is 0.0209 e. The predicted octanol–water partition coefficient (Wildman–Crippen LogP) is 1.71. The lowest BCUT2D eigenvalue weighted by atomic mass is 10.1. The lowest BCUT2D eigenvalue weighted by molar-refractivity contribution is 0.325. The van der Waals surface area contributed by atoms with Gasteiger partial charge in [0.2, 0.25) is 0 Å². The van der Waals surface area contributed by atoms with Gasteiger partial charge in [0.15, 0.2) is 0 Å². The van der Waals surface area contributed by atoms with Crippen LogP contribution in [0.2, 0.25) is 0 Å². The molecule has 13 heavy (non-hydrogen) atoms. The Hall–Kier alpha value is -0.0800. The van der Waals surface area contributed by atoms with Crippen LogP contribution < -0.4 is 5.32 Å². The molecule has 2 nitrogen and oxygen atoms in total. The van der Waals surface area contributed by atoms with Crippen LogP contribution in [0.25, 0.3) is 0 Å². The Bertz CT molecular complexity index is 137. The van der Waals surface area contributed by atoms with E-state index in [-0.39, 0.29) is 0 Å². The van der Waals surface area contributed by atoms with E-state index < -0.39 is 0 Å². The van der Waals surface area contributed by atoms with Gasteiger partial charge in [0.1, 0.15) is 0 Å². The predicted molar refractivity (Wildman–Crippen MR) is 58.0 cm³/mol. The van der Waals surface area contributed by atoms with Gasteiger partial charge in [-0.15, -0.1) is 0 Å². The van der Waals surface area contributed by atoms with Crippen molar-refractivity contribution in [3.63, 3.8) is 0 Å². The van der Waals surface area contributed by atoms with Crippen LogP contribution in [0, 0.1) is 5.92 Å². The maximum atomic E-state index is 3.65. The highest BCUT2D eigenvalue weighted by molar-refractivity contribution is 4.85. The summed E-state index contributed by atoms with van der Waals surface area (Å²) < 4.78 is 0. The fraction of sp³-hybridized carbons (Fsp3) is 1.00. The molecule has 0 aliphatic carbocycles. The summed E-state index contributed by atoms with van der Waals surface area (Å²) >= 11 is 0. The monoisotopic (exact) mass is 184 g/mol. The van der Waals surface area contributed by atoms with E-state index in [9.17, 15) is 0 Å². The minimum Gasteiger partial charge on any atom is -0.312 e. The molecule has 3 atom stereocenters. The van der Waals surface area contributed by atoms with Crippen molar-refractivity contribution in [3.8, 4) is 0 Å². The molecular weight excluding hydrogens is 160 g/mol. The topological polar surface area (TPSA) is 15.3 Å². The molecule has 1 fully saturated rings. The number of nitrogens with one attached hydrogen (secondary N) is 1. The van der Waals surface area contributed by atoms with Crippen molar-refractivity contribution in [3.05, 3.63) is 0 Å². The van der Waals surface area contributed by atoms with Crippen LogP contribution >= 0.6 is 0 Å². The molecule has 0 saturated carbocycles. The first-order chi connectivity index (χ1) is 6.13. The highest BCUT2D eigenvalue weighted by atomic mass is 15.2. The molecule has 0 spiro atoms. The van der Waals surface area contributed by atoms with Gasteiger partial charge in [0.05, 0.1) is 0 Å². The highest BCUT2D eigenvalue weighted by Crippen LogP contribution is 2.15. The van der Waals surface area contributed by atoms with Crippen LogP contribution in [0.3, 0.4) is 0 Å². The Kier molecular flexibility index (Phi) is 4.20. The molecule has 0 aromatic carbocycles. The van der Waals surface area contributed by atoms with Crippen molar-refractivity contribution in [2.45, 2.75) is 45.7 Å². The summed E-state index contributed by atoms with van der Waals surface area (Å²) in [6.45, 7) is 9.29. The zero-order valence-corrected chi connectivity index (χ0v) is 9.51. The summed E-state index contributed by atoms with van der Waals surface area (Å²) in [7, 11) is 2.22. The molecule has 0 aromatic heterocycles. The summed E-state index contributed by atoms with van der Waals surface area (Å²) in [5.41, 5.74) is 0. The molecule has 0 aromatic rings. The first kappa shape index (κ1) is 11.0. The normalized spacial score (nSPS) is 32.3. The van der Waals surface area contributed by atoms with Crippen LogP contribution in [-0.4, -0.2) is 37.1 Å². The van der Waals surface area contributed by atoms with Gasteiger partial charge in [-0.1, -0.05) is 20.3 Å². The number of likely N-dealkylation sites (tertiary alicyclic amines) is 1. The van der Waals surface area contributed by atoms with Crippen molar-refractivity contribution >= 4 is 0 Å². The smallest absolute Gasteiger partial charge is 0.0209 e. The van der Waals surface area contributed by atoms with E-state index in [1.165, 1.54) is 25.9 Å². The fourth-order valence-corrected chi connectivity index (χ4v) is 1.85. The highest BCUT2D eigenvalue weighted by Gasteiger charge is 2.25. The Balaban J connectivity index is 2.17. The van der Waals surface area contributed by atoms with E-state index >= 15 is 0 Å². The molecule has 2 heteroatoms. The van der Waals surface area contributed by atoms with Crippen LogP contribution in [0.4, 0.5) is 0 Å². The van der Waals surface area contributed by atoms with Crippen LogP contribution in [-0.2, 0) is 0 Å². The average molecular weight is 184 g/mol. The number of likely N-dealkylation sites (N-methyl/N-ethyl adjacent to an activating group) is 1. The van der Waals surface area contributed by atoms with E-state index in [1.807, 2.05) is 0 Å². The Morgan fingerprint density at radius 1 is 1.54 bits per heavy atom. The number of rotatable bonds is 4. The van der Waals surface area contributed by atoms with Crippen molar-refractivity contribution in [1.29, 1.82) is 0 Å². The third kappa shape index (κ3) is 3.28. The minimum absolute atomic E-state index is 0.731. The summed E-state index contributed by atoms with van der Waals surface area (Å²) in [4.78, 5) is 2.44. The summed E-state index contributed by atoms with van der Waals surface area (Å²) in [6.07, 6.45) is 2.60. The van der Waals surface area contributed by atoms with Gasteiger partial charge in [-0.2, -0.15) is 0 Å². The van der Waals surface area contributed by atoms with Gasteiger partial charge in [-0.25, -0.2) is 0 Å². The lowest BCUT2D eigenvalue weighted by Crippen LogP contribution is -2.34. The van der Waals surface area contributed by atoms with Crippen LogP contribution in [0.5, 0.6) is 0 Å². The number of nitrogens with zero attached hydrogens (tertiary/aromatic N) is 1. The van der Waals surface area contributed by atoms with E-state index in [0.29, 0.717) is 0 Å². The third-order valence-electron chi connectivity index (χ3n) is 3.34. The van der Waals surface area contributed by atoms with E-state index in [4.69, 9.17) is 0 Å². The molecule has 0 amide bonds. The van der Waals surface area contributed by atoms with Crippen molar-refractivity contribution in [2.75, 3.05) is 20.1 Å². The first-order valence-electron chi connectivity index (χ1n) is 5.57. The van der Waals surface area contributed by atoms with Crippen LogP contribution in [0.1, 0.15) is 33.6 Å². The zero-order valence-electron chi connectivity index (χ0n) is 9.51. The molecule has 0 radical (unpaired) electrons. The van der Waals surface area contributed by atoms with Gasteiger partial charge < -0.3 is 10.2 Å².